The third-order valence-corrected chi connectivity index (χ3v) is 4.51. The van der Waals surface area contributed by atoms with Crippen LogP contribution in [0.2, 0.25) is 0 Å². The van der Waals surface area contributed by atoms with Crippen molar-refractivity contribution in [3.63, 3.8) is 0 Å². The number of fused-ring (bicyclic) bond motifs is 1. The Morgan fingerprint density at radius 1 is 1.37 bits per heavy atom. The minimum Gasteiger partial charge on any atom is -0.495 e. The maximum atomic E-state index is 5.38. The van der Waals surface area contributed by atoms with Gasteiger partial charge in [-0.2, -0.15) is 0 Å². The first kappa shape index (κ1) is 12.7. The van der Waals surface area contributed by atoms with Crippen LogP contribution in [0.25, 0.3) is 5.57 Å². The number of piperidine rings is 1. The molecule has 1 aliphatic heterocycles. The third-order valence-electron chi connectivity index (χ3n) is 4.51. The van der Waals surface area contributed by atoms with Gasteiger partial charge in [0.15, 0.2) is 0 Å². The summed E-state index contributed by atoms with van der Waals surface area (Å²) in [6.07, 6.45) is 8.26. The van der Waals surface area contributed by atoms with Gasteiger partial charge in [-0.3, -0.25) is 4.98 Å². The number of hydrogen-bond donors (Lipinski definition) is 1. The third kappa shape index (κ3) is 2.52. The van der Waals surface area contributed by atoms with E-state index in [1.54, 1.807) is 7.11 Å². The van der Waals surface area contributed by atoms with Crippen molar-refractivity contribution in [3.8, 4) is 5.75 Å². The lowest BCUT2D eigenvalue weighted by molar-refractivity contribution is 0.279. The van der Waals surface area contributed by atoms with Crippen LogP contribution in [0, 0.1) is 18.8 Å². The zero-order chi connectivity index (χ0) is 13.2. The molecule has 2 aliphatic rings. The number of allylic oxidation sites excluding steroid dienone is 1. The number of nitrogens with one attached hydrogen (secondary N) is 1. The van der Waals surface area contributed by atoms with Crippen molar-refractivity contribution < 1.29 is 4.74 Å². The number of ether oxygens (including phenoxy) is 1. The molecule has 2 atom stereocenters. The van der Waals surface area contributed by atoms with Gasteiger partial charge < -0.3 is 10.1 Å². The predicted octanol–water partition coefficient (Wildman–Crippen LogP) is 2.80. The van der Waals surface area contributed by atoms with E-state index in [1.807, 2.05) is 13.1 Å². The standard InChI is InChI=1S/C16H22N2O/c1-11-16(19-2)8-15(10-18-11)13-4-3-12-5-6-17-9-14(12)7-13/h7-8,10,12,14,17H,3-6,9H2,1-2H3/t12-,14+/m1/s1. The zero-order valence-electron chi connectivity index (χ0n) is 11.8. The number of nitrogens with zero attached hydrogens (tertiary/aromatic N) is 1. The minimum absolute atomic E-state index is 0.699. The van der Waals surface area contributed by atoms with E-state index in [4.69, 9.17) is 4.74 Å². The number of rotatable bonds is 2. The molecular weight excluding hydrogens is 236 g/mol. The van der Waals surface area contributed by atoms with Crippen LogP contribution in [0.5, 0.6) is 5.75 Å². The van der Waals surface area contributed by atoms with Gasteiger partial charge in [-0.05, 0) is 61.8 Å². The van der Waals surface area contributed by atoms with Crippen molar-refractivity contribution in [2.24, 2.45) is 11.8 Å². The summed E-state index contributed by atoms with van der Waals surface area (Å²) in [6, 6.07) is 2.13. The molecule has 2 heterocycles. The van der Waals surface area contributed by atoms with Gasteiger partial charge in [-0.15, -0.1) is 0 Å². The lowest BCUT2D eigenvalue weighted by atomic mass is 9.76. The summed E-state index contributed by atoms with van der Waals surface area (Å²) in [5, 5.41) is 3.50. The Labute approximate surface area is 115 Å². The average Bonchev–Trinajstić information content (AvgIpc) is 2.47. The summed E-state index contributed by atoms with van der Waals surface area (Å²) >= 11 is 0. The smallest absolute Gasteiger partial charge is 0.140 e. The average molecular weight is 258 g/mol. The Balaban J connectivity index is 1.87. The van der Waals surface area contributed by atoms with E-state index in [0.29, 0.717) is 5.92 Å². The summed E-state index contributed by atoms with van der Waals surface area (Å²) in [5.74, 6) is 2.47. The van der Waals surface area contributed by atoms with Crippen LogP contribution in [0.1, 0.15) is 30.5 Å². The summed E-state index contributed by atoms with van der Waals surface area (Å²) in [4.78, 5) is 4.45. The van der Waals surface area contributed by atoms with Gasteiger partial charge in [0.1, 0.15) is 5.75 Å². The number of hydrogen-bond acceptors (Lipinski definition) is 3. The molecule has 0 amide bonds. The maximum Gasteiger partial charge on any atom is 0.140 e. The lowest BCUT2D eigenvalue weighted by Crippen LogP contribution is -2.37. The van der Waals surface area contributed by atoms with Gasteiger partial charge in [0.25, 0.3) is 0 Å². The van der Waals surface area contributed by atoms with Crippen molar-refractivity contribution in [1.29, 1.82) is 0 Å². The van der Waals surface area contributed by atoms with Crippen LogP contribution in [-0.2, 0) is 0 Å². The predicted molar refractivity (Wildman–Crippen MR) is 77.2 cm³/mol. The molecule has 3 rings (SSSR count). The van der Waals surface area contributed by atoms with Gasteiger partial charge in [-0.25, -0.2) is 0 Å². The highest BCUT2D eigenvalue weighted by molar-refractivity contribution is 5.67. The molecule has 1 aromatic heterocycles. The number of methoxy groups -OCH3 is 1. The molecule has 0 saturated carbocycles. The number of aromatic nitrogens is 1. The van der Waals surface area contributed by atoms with E-state index in [2.05, 4.69) is 22.4 Å². The fourth-order valence-electron chi connectivity index (χ4n) is 3.31. The second-order valence-corrected chi connectivity index (χ2v) is 5.66. The Morgan fingerprint density at radius 3 is 3.11 bits per heavy atom. The molecule has 1 N–H and O–H groups in total. The molecule has 0 bridgehead atoms. The quantitative estimate of drug-likeness (QED) is 0.885. The Bertz CT molecular complexity index is 496. The largest absolute Gasteiger partial charge is 0.495 e. The fourth-order valence-corrected chi connectivity index (χ4v) is 3.31. The van der Waals surface area contributed by atoms with Crippen molar-refractivity contribution in [2.75, 3.05) is 20.2 Å². The highest BCUT2D eigenvalue weighted by Crippen LogP contribution is 2.37. The minimum atomic E-state index is 0.699. The van der Waals surface area contributed by atoms with E-state index in [9.17, 15) is 0 Å². The molecule has 0 radical (unpaired) electrons. The van der Waals surface area contributed by atoms with Gasteiger partial charge >= 0.3 is 0 Å². The van der Waals surface area contributed by atoms with Crippen LogP contribution in [0.4, 0.5) is 0 Å². The molecule has 0 aromatic carbocycles. The van der Waals surface area contributed by atoms with E-state index in [1.165, 1.54) is 36.9 Å². The highest BCUT2D eigenvalue weighted by Gasteiger charge is 2.27. The summed E-state index contributed by atoms with van der Waals surface area (Å²) in [5.41, 5.74) is 3.63. The topological polar surface area (TPSA) is 34.1 Å². The Kier molecular flexibility index (Phi) is 3.56. The molecule has 0 spiro atoms. The molecular formula is C16H22N2O. The number of aryl methyl sites for hydroxylation is 1. The second kappa shape index (κ2) is 5.33. The second-order valence-electron chi connectivity index (χ2n) is 5.66. The Morgan fingerprint density at radius 2 is 2.26 bits per heavy atom. The maximum absolute atomic E-state index is 5.38. The molecule has 19 heavy (non-hydrogen) atoms. The first-order valence-corrected chi connectivity index (χ1v) is 7.20. The van der Waals surface area contributed by atoms with Gasteiger partial charge in [-0.1, -0.05) is 6.08 Å². The summed E-state index contributed by atoms with van der Waals surface area (Å²) in [7, 11) is 1.71. The van der Waals surface area contributed by atoms with Crippen LogP contribution in [0.3, 0.4) is 0 Å². The first-order valence-electron chi connectivity index (χ1n) is 7.20. The molecule has 102 valence electrons. The zero-order valence-corrected chi connectivity index (χ0v) is 11.8. The summed E-state index contributed by atoms with van der Waals surface area (Å²) in [6.45, 7) is 4.30. The number of pyridine rings is 1. The SMILES string of the molecule is COc1cc(C2=C[C@H]3CNCC[C@H]3CC2)cnc1C. The van der Waals surface area contributed by atoms with Crippen molar-refractivity contribution >= 4 is 5.57 Å². The Hall–Kier alpha value is -1.35. The lowest BCUT2D eigenvalue weighted by Gasteiger charge is -2.34. The normalized spacial score (nSPS) is 26.5. The molecule has 1 aliphatic carbocycles. The molecule has 0 unspecified atom stereocenters. The van der Waals surface area contributed by atoms with Gasteiger partial charge in [0.2, 0.25) is 0 Å². The van der Waals surface area contributed by atoms with Crippen molar-refractivity contribution in [1.82, 2.24) is 10.3 Å². The molecule has 1 saturated heterocycles. The van der Waals surface area contributed by atoms with Crippen LogP contribution in [0.15, 0.2) is 18.3 Å². The van der Waals surface area contributed by atoms with E-state index in [0.717, 1.165) is 23.9 Å². The molecule has 3 heteroatoms. The highest BCUT2D eigenvalue weighted by atomic mass is 16.5. The van der Waals surface area contributed by atoms with E-state index in [-0.39, 0.29) is 0 Å². The first-order chi connectivity index (χ1) is 9.28. The van der Waals surface area contributed by atoms with Crippen LogP contribution < -0.4 is 10.1 Å². The van der Waals surface area contributed by atoms with Crippen LogP contribution in [-0.4, -0.2) is 25.2 Å². The van der Waals surface area contributed by atoms with Crippen molar-refractivity contribution in [3.05, 3.63) is 29.6 Å². The van der Waals surface area contributed by atoms with E-state index < -0.39 is 0 Å². The summed E-state index contributed by atoms with van der Waals surface area (Å²) < 4.78 is 5.38. The van der Waals surface area contributed by atoms with Crippen molar-refractivity contribution in [2.45, 2.75) is 26.2 Å². The monoisotopic (exact) mass is 258 g/mol. The van der Waals surface area contributed by atoms with Gasteiger partial charge in [0, 0.05) is 12.7 Å². The van der Waals surface area contributed by atoms with E-state index >= 15 is 0 Å². The van der Waals surface area contributed by atoms with Gasteiger partial charge in [0.05, 0.1) is 12.8 Å². The van der Waals surface area contributed by atoms with Crippen LogP contribution >= 0.6 is 0 Å². The molecule has 3 nitrogen and oxygen atoms in total. The molecule has 1 fully saturated rings. The molecule has 1 aromatic rings. The fraction of sp³-hybridized carbons (Fsp3) is 0.562.